The van der Waals surface area contributed by atoms with Crippen molar-refractivity contribution in [3.63, 3.8) is 0 Å². The Morgan fingerprint density at radius 1 is 1.22 bits per heavy atom. The molecule has 7 heteroatoms. The van der Waals surface area contributed by atoms with Gasteiger partial charge >= 0.3 is 5.97 Å². The molecule has 3 rings (SSSR count). The monoisotopic (exact) mass is 366 g/mol. The van der Waals surface area contributed by atoms with Gasteiger partial charge in [-0.3, -0.25) is 14.7 Å². The van der Waals surface area contributed by atoms with Gasteiger partial charge < -0.3 is 10.4 Å². The molecule has 0 aliphatic heterocycles. The molecule has 0 saturated carbocycles. The van der Waals surface area contributed by atoms with Crippen LogP contribution in [0.15, 0.2) is 36.4 Å². The van der Waals surface area contributed by atoms with Crippen molar-refractivity contribution in [2.45, 2.75) is 39.2 Å². The number of carbonyl (C=O) groups excluding carboxylic acids is 1. The van der Waals surface area contributed by atoms with Crippen LogP contribution in [0.3, 0.4) is 0 Å². The Balaban J connectivity index is 1.85. The normalized spacial score (nSPS) is 12.1. The summed E-state index contributed by atoms with van der Waals surface area (Å²) in [4.78, 5) is 28.3. The zero-order chi connectivity index (χ0) is 19.4. The number of H-pyrrole nitrogens is 1. The van der Waals surface area contributed by atoms with E-state index in [0.29, 0.717) is 35.1 Å². The molecule has 0 saturated heterocycles. The second-order valence-electron chi connectivity index (χ2n) is 6.65. The number of carbonyl (C=O) groups is 2. The van der Waals surface area contributed by atoms with E-state index in [1.54, 1.807) is 6.07 Å². The maximum atomic E-state index is 13.0. The lowest BCUT2D eigenvalue weighted by molar-refractivity contribution is -0.137. The molecule has 0 aliphatic carbocycles. The van der Waals surface area contributed by atoms with Crippen LogP contribution in [-0.4, -0.2) is 38.2 Å². The van der Waals surface area contributed by atoms with E-state index in [4.69, 9.17) is 5.11 Å². The Hall–Kier alpha value is -3.22. The third kappa shape index (κ3) is 4.49. The molecule has 0 spiro atoms. The summed E-state index contributed by atoms with van der Waals surface area (Å²) >= 11 is 0. The number of nitrogens with zero attached hydrogens (tertiary/aromatic N) is 2. The fourth-order valence-electron chi connectivity index (χ4n) is 3.16. The van der Waals surface area contributed by atoms with Crippen LogP contribution in [0.25, 0.3) is 11.0 Å². The first-order chi connectivity index (χ1) is 12.9. The lowest BCUT2D eigenvalue weighted by Crippen LogP contribution is -2.37. The number of amides is 1. The molecule has 1 atom stereocenters. The number of rotatable bonds is 7. The summed E-state index contributed by atoms with van der Waals surface area (Å²) in [5, 5.41) is 19.7. The van der Waals surface area contributed by atoms with E-state index in [1.165, 1.54) is 0 Å². The Morgan fingerprint density at radius 2 is 1.96 bits per heavy atom. The Morgan fingerprint density at radius 3 is 2.67 bits per heavy atom. The highest BCUT2D eigenvalue weighted by Gasteiger charge is 2.20. The first kappa shape index (κ1) is 18.6. The minimum absolute atomic E-state index is 0.00664. The van der Waals surface area contributed by atoms with Crippen LogP contribution in [0.5, 0.6) is 0 Å². The van der Waals surface area contributed by atoms with Gasteiger partial charge in [0.05, 0.1) is 10.9 Å². The van der Waals surface area contributed by atoms with Gasteiger partial charge in [0.25, 0.3) is 5.91 Å². The number of carboxylic acid groups (broad SMARTS) is 1. The first-order valence-corrected chi connectivity index (χ1v) is 8.83. The van der Waals surface area contributed by atoms with Gasteiger partial charge in [-0.25, -0.2) is 4.98 Å². The summed E-state index contributed by atoms with van der Waals surface area (Å²) in [7, 11) is 0. The highest BCUT2D eigenvalue weighted by molar-refractivity contribution is 6.06. The molecule has 1 unspecified atom stereocenters. The standard InChI is InChI=1S/C20H22N4O3/c1-12-10-16(18-13(2)23-24-19(18)21-12)20(27)22-15(8-9-17(25)26)11-14-6-4-3-5-7-14/h3-7,10,15H,8-9,11H2,1-2H3,(H,22,27)(H,25,26)(H,21,23,24). The molecule has 7 nitrogen and oxygen atoms in total. The average Bonchev–Trinajstić information content (AvgIpc) is 3.00. The van der Waals surface area contributed by atoms with E-state index in [-0.39, 0.29) is 18.4 Å². The largest absolute Gasteiger partial charge is 0.481 e. The van der Waals surface area contributed by atoms with Gasteiger partial charge in [-0.15, -0.1) is 0 Å². The Bertz CT molecular complexity index is 966. The van der Waals surface area contributed by atoms with Crippen LogP contribution >= 0.6 is 0 Å². The number of carboxylic acids is 1. The van der Waals surface area contributed by atoms with Crippen molar-refractivity contribution in [1.29, 1.82) is 0 Å². The van der Waals surface area contributed by atoms with Crippen LogP contribution in [0.1, 0.15) is 40.2 Å². The predicted octanol–water partition coefficient (Wildman–Crippen LogP) is 2.78. The third-order valence-corrected chi connectivity index (χ3v) is 4.44. The number of pyridine rings is 1. The van der Waals surface area contributed by atoms with Crippen LogP contribution < -0.4 is 5.32 Å². The molecular formula is C20H22N4O3. The number of aryl methyl sites for hydroxylation is 2. The highest BCUT2D eigenvalue weighted by Crippen LogP contribution is 2.20. The van der Waals surface area contributed by atoms with Crippen molar-refractivity contribution >= 4 is 22.9 Å². The zero-order valence-corrected chi connectivity index (χ0v) is 15.3. The number of nitrogens with one attached hydrogen (secondary N) is 2. The molecular weight excluding hydrogens is 344 g/mol. The van der Waals surface area contributed by atoms with Gasteiger partial charge in [-0.2, -0.15) is 5.10 Å². The van der Waals surface area contributed by atoms with Crippen molar-refractivity contribution < 1.29 is 14.7 Å². The number of aromatic nitrogens is 3. The molecule has 2 aromatic heterocycles. The van der Waals surface area contributed by atoms with E-state index < -0.39 is 5.97 Å². The summed E-state index contributed by atoms with van der Waals surface area (Å²) in [6.45, 7) is 3.65. The summed E-state index contributed by atoms with van der Waals surface area (Å²) in [6.07, 6.45) is 0.915. The lowest BCUT2D eigenvalue weighted by Gasteiger charge is -2.19. The number of benzene rings is 1. The number of aliphatic carboxylic acids is 1. The molecule has 1 aromatic carbocycles. The van der Waals surface area contributed by atoms with E-state index in [9.17, 15) is 9.59 Å². The maximum absolute atomic E-state index is 13.0. The van der Waals surface area contributed by atoms with Crippen molar-refractivity contribution in [3.8, 4) is 0 Å². The Labute approximate surface area is 156 Å². The van der Waals surface area contributed by atoms with Crippen molar-refractivity contribution in [2.24, 2.45) is 0 Å². The van der Waals surface area contributed by atoms with Crippen molar-refractivity contribution in [2.75, 3.05) is 0 Å². The number of hydrogen-bond donors (Lipinski definition) is 3. The van der Waals surface area contributed by atoms with Crippen LogP contribution in [0, 0.1) is 13.8 Å². The van der Waals surface area contributed by atoms with Gasteiger partial charge in [0.15, 0.2) is 5.65 Å². The molecule has 1 amide bonds. The molecule has 0 aliphatic rings. The second-order valence-corrected chi connectivity index (χ2v) is 6.65. The summed E-state index contributed by atoms with van der Waals surface area (Å²) in [6, 6.07) is 11.2. The van der Waals surface area contributed by atoms with Gasteiger partial charge in [-0.05, 0) is 38.3 Å². The number of hydrogen-bond acceptors (Lipinski definition) is 4. The van der Waals surface area contributed by atoms with Crippen molar-refractivity contribution in [3.05, 3.63) is 58.9 Å². The molecule has 0 radical (unpaired) electrons. The molecule has 0 bridgehead atoms. The van der Waals surface area contributed by atoms with E-state index in [0.717, 1.165) is 11.3 Å². The molecule has 3 aromatic rings. The van der Waals surface area contributed by atoms with Crippen LogP contribution in [-0.2, 0) is 11.2 Å². The molecule has 27 heavy (non-hydrogen) atoms. The summed E-state index contributed by atoms with van der Waals surface area (Å²) in [5.41, 5.74) is 3.51. The molecule has 3 N–H and O–H groups in total. The van der Waals surface area contributed by atoms with Gasteiger partial charge in [0, 0.05) is 23.9 Å². The van der Waals surface area contributed by atoms with E-state index >= 15 is 0 Å². The van der Waals surface area contributed by atoms with Crippen molar-refractivity contribution in [1.82, 2.24) is 20.5 Å². The van der Waals surface area contributed by atoms with Gasteiger partial charge in [0.2, 0.25) is 0 Å². The molecule has 140 valence electrons. The quantitative estimate of drug-likeness (QED) is 0.596. The first-order valence-electron chi connectivity index (χ1n) is 8.83. The molecule has 2 heterocycles. The lowest BCUT2D eigenvalue weighted by atomic mass is 10.0. The number of aromatic amines is 1. The highest BCUT2D eigenvalue weighted by atomic mass is 16.4. The zero-order valence-electron chi connectivity index (χ0n) is 15.3. The second kappa shape index (κ2) is 7.99. The minimum atomic E-state index is -0.880. The predicted molar refractivity (Wildman–Crippen MR) is 102 cm³/mol. The SMILES string of the molecule is Cc1cc(C(=O)NC(CCC(=O)O)Cc2ccccc2)c2c(C)[nH]nc2n1. The fraction of sp³-hybridized carbons (Fsp3) is 0.300. The summed E-state index contributed by atoms with van der Waals surface area (Å²) < 4.78 is 0. The maximum Gasteiger partial charge on any atom is 0.303 e. The van der Waals surface area contributed by atoms with Gasteiger partial charge in [0.1, 0.15) is 0 Å². The van der Waals surface area contributed by atoms with E-state index in [2.05, 4.69) is 20.5 Å². The minimum Gasteiger partial charge on any atom is -0.481 e. The van der Waals surface area contributed by atoms with E-state index in [1.807, 2.05) is 44.2 Å². The molecule has 0 fully saturated rings. The Kier molecular flexibility index (Phi) is 5.49. The summed E-state index contributed by atoms with van der Waals surface area (Å²) in [5.74, 6) is -1.13. The smallest absolute Gasteiger partial charge is 0.303 e. The van der Waals surface area contributed by atoms with Crippen LogP contribution in [0.4, 0.5) is 0 Å². The van der Waals surface area contributed by atoms with Gasteiger partial charge in [-0.1, -0.05) is 30.3 Å². The average molecular weight is 366 g/mol. The third-order valence-electron chi connectivity index (χ3n) is 4.44. The topological polar surface area (TPSA) is 108 Å². The number of fused-ring (bicyclic) bond motifs is 1. The van der Waals surface area contributed by atoms with Crippen LogP contribution in [0.2, 0.25) is 0 Å². The fourth-order valence-corrected chi connectivity index (χ4v) is 3.16.